The van der Waals surface area contributed by atoms with Crippen molar-refractivity contribution < 1.29 is 18.5 Å². The highest BCUT2D eigenvalue weighted by atomic mass is 35.5. The standard InChI is InChI=1S/C25H26ClN3O4S2/c1-24(2,3)35(31)29-21(16-6-4-5-7-17(16)26)20-13-27-23(34-20)28-22(30)25(10-11-25)15-8-9-18-19(12-15)33-14-32-18/h4-9,12-13,21,29H,10-11,14H2,1-3H3,(H,27,28,30). The summed E-state index contributed by atoms with van der Waals surface area (Å²) in [4.78, 5) is 18.6. The van der Waals surface area contributed by atoms with Crippen LogP contribution in [0.1, 0.15) is 55.7 Å². The second kappa shape index (κ2) is 9.20. The fraction of sp³-hybridized carbons (Fsp3) is 0.360. The van der Waals surface area contributed by atoms with Crippen LogP contribution in [0.25, 0.3) is 0 Å². The number of rotatable bonds is 7. The van der Waals surface area contributed by atoms with Gasteiger partial charge in [-0.25, -0.2) is 13.9 Å². The van der Waals surface area contributed by atoms with Gasteiger partial charge in [-0.15, -0.1) is 0 Å². The van der Waals surface area contributed by atoms with E-state index in [1.807, 2.05) is 57.2 Å². The van der Waals surface area contributed by atoms with Crippen LogP contribution in [0.3, 0.4) is 0 Å². The highest BCUT2D eigenvalue weighted by Crippen LogP contribution is 2.51. The summed E-state index contributed by atoms with van der Waals surface area (Å²) in [5, 5.41) is 4.04. The maximum atomic E-state index is 13.3. The molecule has 1 aliphatic heterocycles. The van der Waals surface area contributed by atoms with Crippen molar-refractivity contribution in [2.24, 2.45) is 0 Å². The first-order valence-electron chi connectivity index (χ1n) is 11.3. The molecule has 2 unspecified atom stereocenters. The normalized spacial score (nSPS) is 17.6. The molecule has 0 saturated heterocycles. The molecule has 2 aliphatic rings. The van der Waals surface area contributed by atoms with E-state index < -0.39 is 27.2 Å². The van der Waals surface area contributed by atoms with E-state index in [2.05, 4.69) is 15.0 Å². The zero-order valence-electron chi connectivity index (χ0n) is 19.6. The minimum Gasteiger partial charge on any atom is -0.454 e. The van der Waals surface area contributed by atoms with Gasteiger partial charge >= 0.3 is 0 Å². The third kappa shape index (κ3) is 4.82. The Hall–Kier alpha value is -2.46. The SMILES string of the molecule is CC(C)(C)S(=O)NC(c1cnc(NC(=O)C2(c3ccc4c(c3)OCO4)CC2)s1)c1ccccc1Cl. The van der Waals surface area contributed by atoms with Gasteiger partial charge in [-0.05, 0) is 62.9 Å². The van der Waals surface area contributed by atoms with Crippen molar-refractivity contribution in [1.29, 1.82) is 0 Å². The van der Waals surface area contributed by atoms with Gasteiger partial charge < -0.3 is 14.8 Å². The Morgan fingerprint density at radius 2 is 1.91 bits per heavy atom. The van der Waals surface area contributed by atoms with Crippen molar-refractivity contribution in [3.63, 3.8) is 0 Å². The van der Waals surface area contributed by atoms with Gasteiger partial charge in [0.2, 0.25) is 12.7 Å². The summed E-state index contributed by atoms with van der Waals surface area (Å²) in [6.07, 6.45) is 3.21. The van der Waals surface area contributed by atoms with Crippen LogP contribution in [0.5, 0.6) is 11.5 Å². The summed E-state index contributed by atoms with van der Waals surface area (Å²) < 4.78 is 26.6. The van der Waals surface area contributed by atoms with Crippen LogP contribution in [-0.4, -0.2) is 26.6 Å². The first-order chi connectivity index (χ1) is 16.7. The zero-order valence-corrected chi connectivity index (χ0v) is 22.0. The van der Waals surface area contributed by atoms with Crippen molar-refractivity contribution in [3.05, 3.63) is 69.7 Å². The maximum Gasteiger partial charge on any atom is 0.236 e. The number of hydrogen-bond acceptors (Lipinski definition) is 6. The van der Waals surface area contributed by atoms with Gasteiger partial charge in [0.1, 0.15) is 0 Å². The molecule has 35 heavy (non-hydrogen) atoms. The van der Waals surface area contributed by atoms with Gasteiger partial charge in [0.25, 0.3) is 0 Å². The summed E-state index contributed by atoms with van der Waals surface area (Å²) >= 11 is 7.83. The Morgan fingerprint density at radius 3 is 2.63 bits per heavy atom. The van der Waals surface area contributed by atoms with Crippen molar-refractivity contribution in [2.45, 2.75) is 49.8 Å². The van der Waals surface area contributed by atoms with Gasteiger partial charge in [-0.1, -0.05) is 47.2 Å². The van der Waals surface area contributed by atoms with E-state index in [4.69, 9.17) is 21.1 Å². The van der Waals surface area contributed by atoms with Crippen LogP contribution in [0.15, 0.2) is 48.7 Å². The van der Waals surface area contributed by atoms with Crippen LogP contribution in [-0.2, 0) is 21.2 Å². The predicted octanol–water partition coefficient (Wildman–Crippen LogP) is 5.34. The van der Waals surface area contributed by atoms with E-state index in [0.29, 0.717) is 21.7 Å². The van der Waals surface area contributed by atoms with Crippen LogP contribution in [0, 0.1) is 0 Å². The Balaban J connectivity index is 1.38. The topological polar surface area (TPSA) is 89.6 Å². The van der Waals surface area contributed by atoms with E-state index in [9.17, 15) is 9.00 Å². The molecule has 184 valence electrons. The molecule has 0 radical (unpaired) electrons. The number of halogens is 1. The number of thiazole rings is 1. The Labute approximate surface area is 215 Å². The van der Waals surface area contributed by atoms with Crippen LogP contribution < -0.4 is 19.5 Å². The number of fused-ring (bicyclic) bond motifs is 1. The lowest BCUT2D eigenvalue weighted by Crippen LogP contribution is -2.36. The van der Waals surface area contributed by atoms with Crippen molar-refractivity contribution in [1.82, 2.24) is 9.71 Å². The molecule has 1 aliphatic carbocycles. The average Bonchev–Trinajstić information content (AvgIpc) is 3.28. The minimum atomic E-state index is -1.35. The van der Waals surface area contributed by atoms with E-state index in [0.717, 1.165) is 28.8 Å². The lowest BCUT2D eigenvalue weighted by Gasteiger charge is -2.24. The Kier molecular flexibility index (Phi) is 6.37. The molecule has 1 amide bonds. The number of benzene rings is 2. The monoisotopic (exact) mass is 531 g/mol. The number of carbonyl (C=O) groups excluding carboxylic acids is 1. The van der Waals surface area contributed by atoms with E-state index in [1.54, 1.807) is 12.3 Å². The van der Waals surface area contributed by atoms with Crippen molar-refractivity contribution in [3.8, 4) is 11.5 Å². The molecule has 5 rings (SSSR count). The molecule has 3 aromatic rings. The number of carbonyl (C=O) groups is 1. The first kappa shape index (κ1) is 24.2. The largest absolute Gasteiger partial charge is 0.454 e. The molecule has 2 N–H and O–H groups in total. The van der Waals surface area contributed by atoms with Gasteiger partial charge in [-0.2, -0.15) is 0 Å². The number of nitrogens with zero attached hydrogens (tertiary/aromatic N) is 1. The maximum absolute atomic E-state index is 13.3. The summed E-state index contributed by atoms with van der Waals surface area (Å²) in [6.45, 7) is 5.91. The minimum absolute atomic E-state index is 0.0993. The van der Waals surface area contributed by atoms with Crippen LogP contribution in [0.2, 0.25) is 5.02 Å². The molecule has 1 saturated carbocycles. The van der Waals surface area contributed by atoms with Crippen LogP contribution in [0.4, 0.5) is 5.13 Å². The number of anilines is 1. The lowest BCUT2D eigenvalue weighted by atomic mass is 9.94. The molecule has 7 nitrogen and oxygen atoms in total. The summed E-state index contributed by atoms with van der Waals surface area (Å²) in [7, 11) is -1.35. The summed E-state index contributed by atoms with van der Waals surface area (Å²) in [6, 6.07) is 12.7. The molecule has 1 fully saturated rings. The second-order valence-electron chi connectivity index (χ2n) is 9.63. The van der Waals surface area contributed by atoms with Crippen molar-refractivity contribution >= 4 is 45.0 Å². The molecule has 10 heteroatoms. The highest BCUT2D eigenvalue weighted by Gasteiger charge is 2.52. The van der Waals surface area contributed by atoms with Crippen molar-refractivity contribution in [2.75, 3.05) is 12.1 Å². The predicted molar refractivity (Wildman–Crippen MR) is 139 cm³/mol. The molecule has 0 bridgehead atoms. The molecule has 2 heterocycles. The number of aromatic nitrogens is 1. The van der Waals surface area contributed by atoms with Gasteiger partial charge in [0, 0.05) is 16.1 Å². The third-order valence-electron chi connectivity index (χ3n) is 6.14. The van der Waals surface area contributed by atoms with E-state index in [-0.39, 0.29) is 12.7 Å². The molecule has 2 aromatic carbocycles. The van der Waals surface area contributed by atoms with Gasteiger partial charge in [-0.3, -0.25) is 4.79 Å². The van der Waals surface area contributed by atoms with E-state index >= 15 is 0 Å². The summed E-state index contributed by atoms with van der Waals surface area (Å²) in [5.41, 5.74) is 1.11. The summed E-state index contributed by atoms with van der Waals surface area (Å²) in [5.74, 6) is 1.26. The van der Waals surface area contributed by atoms with Gasteiger partial charge in [0.15, 0.2) is 16.6 Å². The zero-order chi connectivity index (χ0) is 24.8. The number of ether oxygens (including phenoxy) is 2. The fourth-order valence-corrected chi connectivity index (χ4v) is 5.95. The Bertz CT molecular complexity index is 1300. The fourth-order valence-electron chi connectivity index (χ4n) is 3.93. The lowest BCUT2D eigenvalue weighted by molar-refractivity contribution is -0.118. The molecule has 1 aromatic heterocycles. The van der Waals surface area contributed by atoms with Crippen LogP contribution >= 0.6 is 22.9 Å². The molecular weight excluding hydrogens is 506 g/mol. The van der Waals surface area contributed by atoms with E-state index in [1.165, 1.54) is 11.3 Å². The quantitative estimate of drug-likeness (QED) is 0.430. The number of amides is 1. The number of hydrogen-bond donors (Lipinski definition) is 2. The third-order valence-corrected chi connectivity index (χ3v) is 9.02. The molecule has 0 spiro atoms. The number of nitrogens with one attached hydrogen (secondary N) is 2. The Morgan fingerprint density at radius 1 is 1.17 bits per heavy atom. The second-order valence-corrected chi connectivity index (χ2v) is 13.1. The van der Waals surface area contributed by atoms with Gasteiger partial charge in [0.05, 0.1) is 27.2 Å². The smallest absolute Gasteiger partial charge is 0.236 e. The molecular formula is C25H26ClN3O4S2. The average molecular weight is 532 g/mol. The highest BCUT2D eigenvalue weighted by molar-refractivity contribution is 7.84. The molecule has 2 atom stereocenters. The first-order valence-corrected chi connectivity index (χ1v) is 13.6.